The minimum atomic E-state index is -0.955. The monoisotopic (exact) mass is 386 g/mol. The Hall–Kier alpha value is -3.29. The SMILES string of the molecule is CC(C)c1noc(-c2ccc(NC(=O)NC(C)c3ccc(F)c(F)c3)cc2)n1. The largest absolute Gasteiger partial charge is 0.334 e. The van der Waals surface area contributed by atoms with Crippen molar-refractivity contribution in [1.82, 2.24) is 15.5 Å². The van der Waals surface area contributed by atoms with Crippen molar-refractivity contribution in [2.45, 2.75) is 32.7 Å². The summed E-state index contributed by atoms with van der Waals surface area (Å²) in [6.45, 7) is 5.63. The van der Waals surface area contributed by atoms with Crippen molar-refractivity contribution in [3.8, 4) is 11.5 Å². The number of halogens is 2. The molecule has 2 amide bonds. The number of nitrogens with one attached hydrogen (secondary N) is 2. The normalized spacial score (nSPS) is 12.1. The molecule has 0 saturated heterocycles. The average molecular weight is 386 g/mol. The molecule has 2 aromatic carbocycles. The van der Waals surface area contributed by atoms with Gasteiger partial charge in [0.25, 0.3) is 5.89 Å². The first-order chi connectivity index (χ1) is 13.3. The van der Waals surface area contributed by atoms with Gasteiger partial charge in [-0.1, -0.05) is 25.1 Å². The fraction of sp³-hybridized carbons (Fsp3) is 0.250. The van der Waals surface area contributed by atoms with Gasteiger partial charge in [0.2, 0.25) is 0 Å². The van der Waals surface area contributed by atoms with Gasteiger partial charge in [-0.25, -0.2) is 13.6 Å². The number of urea groups is 1. The molecule has 0 saturated carbocycles. The number of aromatic nitrogens is 2. The molecule has 1 aromatic heterocycles. The lowest BCUT2D eigenvalue weighted by atomic mass is 10.1. The number of hydrogen-bond acceptors (Lipinski definition) is 4. The summed E-state index contributed by atoms with van der Waals surface area (Å²) in [6, 6.07) is 9.47. The number of anilines is 1. The van der Waals surface area contributed by atoms with E-state index in [2.05, 4.69) is 20.8 Å². The molecule has 146 valence electrons. The Morgan fingerprint density at radius 3 is 2.36 bits per heavy atom. The molecule has 1 heterocycles. The van der Waals surface area contributed by atoms with Crippen molar-refractivity contribution >= 4 is 11.7 Å². The summed E-state index contributed by atoms with van der Waals surface area (Å²) < 4.78 is 31.6. The highest BCUT2D eigenvalue weighted by atomic mass is 19.2. The second kappa shape index (κ2) is 8.16. The van der Waals surface area contributed by atoms with Gasteiger partial charge < -0.3 is 15.2 Å². The minimum Gasteiger partial charge on any atom is -0.334 e. The van der Waals surface area contributed by atoms with Crippen LogP contribution in [0.4, 0.5) is 19.3 Å². The highest BCUT2D eigenvalue weighted by Crippen LogP contribution is 2.22. The second-order valence-corrected chi connectivity index (χ2v) is 6.68. The Morgan fingerprint density at radius 1 is 1.04 bits per heavy atom. The van der Waals surface area contributed by atoms with Crippen LogP contribution in [-0.4, -0.2) is 16.2 Å². The molecular formula is C20H20F2N4O2. The van der Waals surface area contributed by atoms with Crippen molar-refractivity contribution in [2.75, 3.05) is 5.32 Å². The standard InChI is InChI=1S/C20H20F2N4O2/c1-11(2)18-25-19(28-26-18)13-4-7-15(8-5-13)24-20(27)23-12(3)14-6-9-16(21)17(22)10-14/h4-12H,1-3H3,(H2,23,24,27). The van der Waals surface area contributed by atoms with Crippen LogP contribution in [0, 0.1) is 11.6 Å². The fourth-order valence-corrected chi connectivity index (χ4v) is 2.51. The van der Waals surface area contributed by atoms with Gasteiger partial charge in [0, 0.05) is 17.2 Å². The van der Waals surface area contributed by atoms with E-state index in [1.165, 1.54) is 6.07 Å². The maximum absolute atomic E-state index is 13.3. The van der Waals surface area contributed by atoms with Crippen molar-refractivity contribution < 1.29 is 18.1 Å². The molecule has 3 rings (SSSR count). The van der Waals surface area contributed by atoms with E-state index in [1.54, 1.807) is 31.2 Å². The summed E-state index contributed by atoms with van der Waals surface area (Å²) in [6.07, 6.45) is 0. The van der Waals surface area contributed by atoms with E-state index in [0.717, 1.165) is 17.7 Å². The fourth-order valence-electron chi connectivity index (χ4n) is 2.51. The molecule has 0 aliphatic carbocycles. The van der Waals surface area contributed by atoms with Gasteiger partial charge in [0.05, 0.1) is 6.04 Å². The van der Waals surface area contributed by atoms with Crippen LogP contribution in [0.5, 0.6) is 0 Å². The van der Waals surface area contributed by atoms with E-state index >= 15 is 0 Å². The van der Waals surface area contributed by atoms with Gasteiger partial charge in [-0.3, -0.25) is 0 Å². The molecule has 2 N–H and O–H groups in total. The number of carbonyl (C=O) groups is 1. The lowest BCUT2D eigenvalue weighted by molar-refractivity contribution is 0.249. The molecule has 1 atom stereocenters. The zero-order valence-corrected chi connectivity index (χ0v) is 15.7. The van der Waals surface area contributed by atoms with Crippen molar-refractivity contribution in [3.05, 3.63) is 65.5 Å². The molecule has 0 bridgehead atoms. The van der Waals surface area contributed by atoms with Crippen LogP contribution in [-0.2, 0) is 0 Å². The van der Waals surface area contributed by atoms with E-state index in [1.807, 2.05) is 13.8 Å². The van der Waals surface area contributed by atoms with Crippen molar-refractivity contribution in [2.24, 2.45) is 0 Å². The maximum Gasteiger partial charge on any atom is 0.319 e. The Balaban J connectivity index is 1.61. The molecule has 0 fully saturated rings. The van der Waals surface area contributed by atoms with E-state index in [4.69, 9.17) is 4.52 Å². The van der Waals surface area contributed by atoms with Crippen LogP contribution in [0.15, 0.2) is 47.0 Å². The van der Waals surface area contributed by atoms with Crippen LogP contribution >= 0.6 is 0 Å². The average Bonchev–Trinajstić information content (AvgIpc) is 3.15. The molecule has 0 aliphatic rings. The summed E-state index contributed by atoms with van der Waals surface area (Å²) in [5.41, 5.74) is 1.75. The molecular weight excluding hydrogens is 366 g/mol. The molecule has 28 heavy (non-hydrogen) atoms. The quantitative estimate of drug-likeness (QED) is 0.645. The molecule has 0 aliphatic heterocycles. The highest BCUT2D eigenvalue weighted by Gasteiger charge is 2.14. The lowest BCUT2D eigenvalue weighted by Crippen LogP contribution is -2.31. The summed E-state index contributed by atoms with van der Waals surface area (Å²) in [4.78, 5) is 16.5. The van der Waals surface area contributed by atoms with Crippen LogP contribution in [0.25, 0.3) is 11.5 Å². The lowest BCUT2D eigenvalue weighted by Gasteiger charge is -2.15. The third kappa shape index (κ3) is 4.51. The van der Waals surface area contributed by atoms with Crippen molar-refractivity contribution in [1.29, 1.82) is 0 Å². The Morgan fingerprint density at radius 2 is 1.75 bits per heavy atom. The third-order valence-corrected chi connectivity index (χ3v) is 4.14. The smallest absolute Gasteiger partial charge is 0.319 e. The number of amides is 2. The van der Waals surface area contributed by atoms with E-state index in [-0.39, 0.29) is 5.92 Å². The van der Waals surface area contributed by atoms with Gasteiger partial charge in [0.1, 0.15) is 0 Å². The van der Waals surface area contributed by atoms with Crippen molar-refractivity contribution in [3.63, 3.8) is 0 Å². The maximum atomic E-state index is 13.3. The van der Waals surface area contributed by atoms with Gasteiger partial charge >= 0.3 is 6.03 Å². The van der Waals surface area contributed by atoms with E-state index < -0.39 is 23.7 Å². The predicted molar refractivity (Wildman–Crippen MR) is 101 cm³/mol. The summed E-state index contributed by atoms with van der Waals surface area (Å²) in [5.74, 6) is -0.681. The Labute approximate surface area is 161 Å². The molecule has 6 nitrogen and oxygen atoms in total. The van der Waals surface area contributed by atoms with Crippen LogP contribution in [0.2, 0.25) is 0 Å². The summed E-state index contributed by atoms with van der Waals surface area (Å²) >= 11 is 0. The van der Waals surface area contributed by atoms with E-state index in [9.17, 15) is 13.6 Å². The molecule has 0 radical (unpaired) electrons. The van der Waals surface area contributed by atoms with Crippen LogP contribution < -0.4 is 10.6 Å². The number of rotatable bonds is 5. The van der Waals surface area contributed by atoms with Gasteiger partial charge in [-0.2, -0.15) is 4.98 Å². The topological polar surface area (TPSA) is 80.0 Å². The predicted octanol–water partition coefficient (Wildman–Crippen LogP) is 5.02. The van der Waals surface area contributed by atoms with Gasteiger partial charge in [-0.05, 0) is 48.9 Å². The summed E-state index contributed by atoms with van der Waals surface area (Å²) in [7, 11) is 0. The first-order valence-corrected chi connectivity index (χ1v) is 8.80. The zero-order valence-electron chi connectivity index (χ0n) is 15.7. The molecule has 8 heteroatoms. The molecule has 0 spiro atoms. The molecule has 1 unspecified atom stereocenters. The first-order valence-electron chi connectivity index (χ1n) is 8.80. The number of benzene rings is 2. The molecule has 3 aromatic rings. The van der Waals surface area contributed by atoms with Crippen LogP contribution in [0.1, 0.15) is 44.1 Å². The highest BCUT2D eigenvalue weighted by molar-refractivity contribution is 5.89. The minimum absolute atomic E-state index is 0.165. The summed E-state index contributed by atoms with van der Waals surface area (Å²) in [5, 5.41) is 9.28. The number of hydrogen-bond donors (Lipinski definition) is 2. The zero-order chi connectivity index (χ0) is 20.3. The third-order valence-electron chi connectivity index (χ3n) is 4.14. The Bertz CT molecular complexity index is 971. The van der Waals surface area contributed by atoms with Gasteiger partial charge in [0.15, 0.2) is 17.5 Å². The number of nitrogens with zero attached hydrogens (tertiary/aromatic N) is 2. The first kappa shape index (κ1) is 19.5. The van der Waals surface area contributed by atoms with Gasteiger partial charge in [-0.15, -0.1) is 0 Å². The Kier molecular flexibility index (Phi) is 5.67. The van der Waals surface area contributed by atoms with E-state index in [0.29, 0.717) is 23.0 Å². The number of carbonyl (C=O) groups excluding carboxylic acids is 1. The van der Waals surface area contributed by atoms with Crippen LogP contribution in [0.3, 0.4) is 0 Å². The second-order valence-electron chi connectivity index (χ2n) is 6.68.